The third-order valence-corrected chi connectivity index (χ3v) is 4.54. The van der Waals surface area contributed by atoms with E-state index in [4.69, 9.17) is 0 Å². The lowest BCUT2D eigenvalue weighted by Gasteiger charge is -2.31. The summed E-state index contributed by atoms with van der Waals surface area (Å²) in [6, 6.07) is 0. The largest absolute Gasteiger partial charge is 0.300 e. The van der Waals surface area contributed by atoms with Gasteiger partial charge >= 0.3 is 0 Å². The first-order valence-electron chi connectivity index (χ1n) is 6.54. The average molecular weight is 210 g/mol. The van der Waals surface area contributed by atoms with Crippen molar-refractivity contribution in [2.75, 3.05) is 0 Å². The molecule has 1 fully saturated rings. The second-order valence-corrected chi connectivity index (χ2v) is 5.66. The van der Waals surface area contributed by atoms with Crippen LogP contribution in [0, 0.1) is 23.7 Å². The van der Waals surface area contributed by atoms with Gasteiger partial charge in [0.25, 0.3) is 0 Å². The molecule has 1 rings (SSSR count). The van der Waals surface area contributed by atoms with Crippen LogP contribution in [-0.2, 0) is 4.79 Å². The van der Waals surface area contributed by atoms with Gasteiger partial charge in [-0.05, 0) is 30.1 Å². The van der Waals surface area contributed by atoms with Crippen LogP contribution < -0.4 is 0 Å². The third-order valence-electron chi connectivity index (χ3n) is 4.54. The number of carbonyl (C=O) groups excluding carboxylic acids is 1. The van der Waals surface area contributed by atoms with Crippen LogP contribution in [0.15, 0.2) is 0 Å². The Morgan fingerprint density at radius 3 is 2.20 bits per heavy atom. The Labute approximate surface area is 94.6 Å². The second kappa shape index (κ2) is 5.67. The zero-order valence-electron chi connectivity index (χ0n) is 10.8. The molecule has 0 radical (unpaired) electrons. The maximum absolute atomic E-state index is 11.6. The van der Waals surface area contributed by atoms with Crippen LogP contribution >= 0.6 is 0 Å². The highest BCUT2D eigenvalue weighted by Gasteiger charge is 2.25. The van der Waals surface area contributed by atoms with Gasteiger partial charge in [-0.1, -0.05) is 40.5 Å². The highest BCUT2D eigenvalue weighted by Crippen LogP contribution is 2.32. The molecule has 1 heteroatoms. The van der Waals surface area contributed by atoms with Crippen molar-refractivity contribution < 1.29 is 4.79 Å². The minimum Gasteiger partial charge on any atom is -0.300 e. The minimum absolute atomic E-state index is 0.483. The Morgan fingerprint density at radius 2 is 1.53 bits per heavy atom. The van der Waals surface area contributed by atoms with Gasteiger partial charge in [0.05, 0.1) is 0 Å². The lowest BCUT2D eigenvalue weighted by atomic mass is 9.74. The van der Waals surface area contributed by atoms with Crippen LogP contribution in [0.4, 0.5) is 0 Å². The fraction of sp³-hybridized carbons (Fsp3) is 0.929. The van der Waals surface area contributed by atoms with Crippen molar-refractivity contribution in [1.29, 1.82) is 0 Å². The number of ketones is 1. The van der Waals surface area contributed by atoms with E-state index in [0.29, 0.717) is 17.6 Å². The zero-order valence-corrected chi connectivity index (χ0v) is 10.8. The van der Waals surface area contributed by atoms with Crippen LogP contribution in [0.2, 0.25) is 0 Å². The van der Waals surface area contributed by atoms with Crippen molar-refractivity contribution in [3.05, 3.63) is 0 Å². The zero-order chi connectivity index (χ0) is 11.4. The summed E-state index contributed by atoms with van der Waals surface area (Å²) in [5, 5.41) is 0. The van der Waals surface area contributed by atoms with E-state index in [1.54, 1.807) is 0 Å². The van der Waals surface area contributed by atoms with Crippen LogP contribution in [-0.4, -0.2) is 5.78 Å². The van der Waals surface area contributed by atoms with Crippen molar-refractivity contribution in [2.24, 2.45) is 23.7 Å². The van der Waals surface area contributed by atoms with E-state index >= 15 is 0 Å². The molecule has 0 amide bonds. The van der Waals surface area contributed by atoms with E-state index in [1.807, 2.05) is 0 Å². The summed E-state index contributed by atoms with van der Waals surface area (Å²) in [5.41, 5.74) is 0. The maximum Gasteiger partial charge on any atom is 0.133 e. The van der Waals surface area contributed by atoms with Gasteiger partial charge in [-0.15, -0.1) is 0 Å². The smallest absolute Gasteiger partial charge is 0.133 e. The predicted molar refractivity (Wildman–Crippen MR) is 64.7 cm³/mol. The topological polar surface area (TPSA) is 17.1 Å². The van der Waals surface area contributed by atoms with Crippen molar-refractivity contribution in [2.45, 2.75) is 59.8 Å². The summed E-state index contributed by atoms with van der Waals surface area (Å²) in [5.74, 6) is 3.30. The van der Waals surface area contributed by atoms with E-state index < -0.39 is 0 Å². The molecule has 1 saturated carbocycles. The molecule has 0 aromatic carbocycles. The molecule has 4 unspecified atom stereocenters. The monoisotopic (exact) mass is 210 g/mol. The van der Waals surface area contributed by atoms with Crippen molar-refractivity contribution >= 4 is 5.78 Å². The van der Waals surface area contributed by atoms with Crippen LogP contribution in [0.3, 0.4) is 0 Å². The van der Waals surface area contributed by atoms with Crippen LogP contribution in [0.1, 0.15) is 59.8 Å². The Bertz CT molecular complexity index is 209. The highest BCUT2D eigenvalue weighted by molar-refractivity contribution is 5.78. The summed E-state index contributed by atoms with van der Waals surface area (Å²) >= 11 is 0. The maximum atomic E-state index is 11.6. The Morgan fingerprint density at radius 1 is 0.933 bits per heavy atom. The van der Waals surface area contributed by atoms with Gasteiger partial charge in [0.15, 0.2) is 0 Å². The molecule has 15 heavy (non-hydrogen) atoms. The molecule has 0 aromatic heterocycles. The molecule has 1 nitrogen and oxygen atoms in total. The summed E-state index contributed by atoms with van der Waals surface area (Å²) in [6.07, 6.45) is 5.26. The molecule has 1 aliphatic rings. The van der Waals surface area contributed by atoms with Crippen molar-refractivity contribution in [1.82, 2.24) is 0 Å². The molecule has 88 valence electrons. The van der Waals surface area contributed by atoms with Gasteiger partial charge in [0.1, 0.15) is 5.78 Å². The standard InChI is InChI=1S/C14H26O/c1-10-7-5-6-8-14(15)9-11(2)13(4)12(10)3/h10-13H,5-9H2,1-4H3. The minimum atomic E-state index is 0.483. The van der Waals surface area contributed by atoms with Gasteiger partial charge in [-0.25, -0.2) is 0 Å². The molecule has 0 N–H and O–H groups in total. The molecule has 0 aromatic rings. The molecular formula is C14H26O. The fourth-order valence-electron chi connectivity index (χ4n) is 2.73. The van der Waals surface area contributed by atoms with E-state index in [1.165, 1.54) is 12.8 Å². The van der Waals surface area contributed by atoms with Gasteiger partial charge < -0.3 is 0 Å². The lowest BCUT2D eigenvalue weighted by Crippen LogP contribution is -2.25. The van der Waals surface area contributed by atoms with Crippen LogP contribution in [0.5, 0.6) is 0 Å². The Kier molecular flexibility index (Phi) is 4.82. The molecule has 0 heterocycles. The molecule has 0 bridgehead atoms. The summed E-state index contributed by atoms with van der Waals surface area (Å²) in [6.45, 7) is 9.29. The number of carbonyl (C=O) groups is 1. The first-order valence-corrected chi connectivity index (χ1v) is 6.54. The van der Waals surface area contributed by atoms with E-state index in [9.17, 15) is 4.79 Å². The molecule has 0 aliphatic heterocycles. The van der Waals surface area contributed by atoms with Gasteiger partial charge in [-0.3, -0.25) is 4.79 Å². The summed E-state index contributed by atoms with van der Waals surface area (Å²) < 4.78 is 0. The van der Waals surface area contributed by atoms with Crippen molar-refractivity contribution in [3.63, 3.8) is 0 Å². The quantitative estimate of drug-likeness (QED) is 0.589. The number of hydrogen-bond donors (Lipinski definition) is 0. The average Bonchev–Trinajstić information content (AvgIpc) is 2.20. The number of rotatable bonds is 0. The number of hydrogen-bond acceptors (Lipinski definition) is 1. The first-order chi connectivity index (χ1) is 7.02. The predicted octanol–water partition coefficient (Wildman–Crippen LogP) is 4.06. The second-order valence-electron chi connectivity index (χ2n) is 5.66. The molecule has 0 spiro atoms. The fourth-order valence-corrected chi connectivity index (χ4v) is 2.73. The Balaban J connectivity index is 2.64. The molecule has 1 aliphatic carbocycles. The SMILES string of the molecule is CC1CCCCC(=O)CC(C)C(C)C1C. The van der Waals surface area contributed by atoms with Crippen molar-refractivity contribution in [3.8, 4) is 0 Å². The highest BCUT2D eigenvalue weighted by atomic mass is 16.1. The van der Waals surface area contributed by atoms with Gasteiger partial charge in [0, 0.05) is 12.8 Å². The van der Waals surface area contributed by atoms with Gasteiger partial charge in [0.2, 0.25) is 0 Å². The normalized spacial score (nSPS) is 40.1. The molecule has 4 atom stereocenters. The van der Waals surface area contributed by atoms with E-state index in [2.05, 4.69) is 27.7 Å². The summed E-state index contributed by atoms with van der Waals surface area (Å²) in [7, 11) is 0. The Hall–Kier alpha value is -0.330. The first kappa shape index (κ1) is 12.7. The van der Waals surface area contributed by atoms with E-state index in [0.717, 1.165) is 31.1 Å². The third kappa shape index (κ3) is 3.62. The van der Waals surface area contributed by atoms with Gasteiger partial charge in [-0.2, -0.15) is 0 Å². The lowest BCUT2D eigenvalue weighted by molar-refractivity contribution is -0.120. The number of Topliss-reactive ketones (excluding diaryl/α,β-unsaturated/α-hetero) is 1. The molecular weight excluding hydrogens is 184 g/mol. The summed E-state index contributed by atoms with van der Waals surface area (Å²) in [4.78, 5) is 11.6. The molecule has 0 saturated heterocycles. The van der Waals surface area contributed by atoms with Crippen LogP contribution in [0.25, 0.3) is 0 Å². The van der Waals surface area contributed by atoms with E-state index in [-0.39, 0.29) is 0 Å².